The van der Waals surface area contributed by atoms with E-state index in [0.717, 1.165) is 10.7 Å². The molecular weight excluding hydrogens is 338 g/mol. The molecule has 0 spiro atoms. The van der Waals surface area contributed by atoms with Gasteiger partial charge in [-0.15, -0.1) is 11.3 Å². The van der Waals surface area contributed by atoms with Crippen LogP contribution in [0, 0.1) is 5.92 Å². The summed E-state index contributed by atoms with van der Waals surface area (Å²) in [6, 6.07) is 9.44. The van der Waals surface area contributed by atoms with Gasteiger partial charge in [0.2, 0.25) is 5.91 Å². The molecule has 1 aromatic carbocycles. The zero-order chi connectivity index (χ0) is 17.6. The summed E-state index contributed by atoms with van der Waals surface area (Å²) in [5.74, 6) is -0.112. The molecule has 6 nitrogen and oxygen atoms in total. The molecule has 0 aliphatic carbocycles. The van der Waals surface area contributed by atoms with Gasteiger partial charge in [-0.05, 0) is 25.0 Å². The highest BCUT2D eigenvalue weighted by Crippen LogP contribution is 2.21. The van der Waals surface area contributed by atoms with Gasteiger partial charge < -0.3 is 15.0 Å². The van der Waals surface area contributed by atoms with Gasteiger partial charge in [-0.2, -0.15) is 0 Å². The summed E-state index contributed by atoms with van der Waals surface area (Å²) < 4.78 is 5.03. The third-order valence-electron chi connectivity index (χ3n) is 4.23. The monoisotopic (exact) mass is 359 g/mol. The Kier molecular flexibility index (Phi) is 5.78. The maximum atomic E-state index is 12.5. The molecule has 0 bridgehead atoms. The lowest BCUT2D eigenvalue weighted by Crippen LogP contribution is -2.41. The van der Waals surface area contributed by atoms with E-state index in [1.54, 1.807) is 17.4 Å². The van der Waals surface area contributed by atoms with Crippen LogP contribution in [0.4, 0.5) is 5.69 Å². The lowest BCUT2D eigenvalue weighted by Gasteiger charge is -2.30. The Hall–Kier alpha value is -2.25. The van der Waals surface area contributed by atoms with E-state index in [-0.39, 0.29) is 17.7 Å². The maximum Gasteiger partial charge on any atom is 0.273 e. The van der Waals surface area contributed by atoms with Crippen LogP contribution in [-0.4, -0.2) is 41.9 Å². The van der Waals surface area contributed by atoms with Gasteiger partial charge in [-0.3, -0.25) is 9.59 Å². The number of para-hydroxylation sites is 1. The van der Waals surface area contributed by atoms with Crippen LogP contribution in [0.3, 0.4) is 0 Å². The van der Waals surface area contributed by atoms with E-state index in [1.807, 2.05) is 30.3 Å². The smallest absolute Gasteiger partial charge is 0.273 e. The number of amides is 2. The first-order chi connectivity index (χ1) is 12.2. The van der Waals surface area contributed by atoms with E-state index >= 15 is 0 Å². The first-order valence-corrected chi connectivity index (χ1v) is 9.14. The average Bonchev–Trinajstić information content (AvgIpc) is 3.11. The number of carbonyl (C=O) groups is 2. The molecule has 1 saturated heterocycles. The second-order valence-electron chi connectivity index (χ2n) is 5.98. The molecule has 3 rings (SSSR count). The Morgan fingerprint density at radius 2 is 2.00 bits per heavy atom. The average molecular weight is 359 g/mol. The number of rotatable bonds is 5. The summed E-state index contributed by atoms with van der Waals surface area (Å²) in [7, 11) is 1.61. The molecule has 0 atom stereocenters. The number of nitrogens with zero attached hydrogens (tertiary/aromatic N) is 2. The minimum Gasteiger partial charge on any atom is -0.378 e. The van der Waals surface area contributed by atoms with Crippen molar-refractivity contribution in [2.24, 2.45) is 5.92 Å². The number of thiazole rings is 1. The van der Waals surface area contributed by atoms with Crippen LogP contribution in [0.2, 0.25) is 0 Å². The van der Waals surface area contributed by atoms with Crippen molar-refractivity contribution >= 4 is 28.8 Å². The second-order valence-corrected chi connectivity index (χ2v) is 6.92. The minimum absolute atomic E-state index is 0.0225. The molecular formula is C18H21N3O3S. The third kappa shape index (κ3) is 4.43. The minimum atomic E-state index is -0.0690. The highest BCUT2D eigenvalue weighted by atomic mass is 32.1. The van der Waals surface area contributed by atoms with Crippen LogP contribution in [0.5, 0.6) is 0 Å². The molecule has 0 saturated carbocycles. The van der Waals surface area contributed by atoms with Crippen molar-refractivity contribution < 1.29 is 14.3 Å². The van der Waals surface area contributed by atoms with E-state index in [4.69, 9.17) is 4.74 Å². The van der Waals surface area contributed by atoms with E-state index in [1.165, 1.54) is 11.3 Å². The predicted octanol–water partition coefficient (Wildman–Crippen LogP) is 2.78. The number of ether oxygens (including phenoxy) is 1. The largest absolute Gasteiger partial charge is 0.378 e. The Bertz CT molecular complexity index is 724. The second kappa shape index (κ2) is 8.22. The fourth-order valence-corrected chi connectivity index (χ4v) is 3.61. The highest BCUT2D eigenvalue weighted by molar-refractivity contribution is 7.09. The molecule has 1 N–H and O–H groups in total. The Balaban J connectivity index is 1.52. The molecule has 2 amide bonds. The number of anilines is 1. The summed E-state index contributed by atoms with van der Waals surface area (Å²) in [5, 5.41) is 5.50. The van der Waals surface area contributed by atoms with Gasteiger partial charge in [0.1, 0.15) is 10.7 Å². The number of likely N-dealkylation sites (tertiary alicyclic amines) is 1. The molecule has 132 valence electrons. The number of methoxy groups -OCH3 is 1. The Morgan fingerprint density at radius 3 is 2.68 bits per heavy atom. The van der Waals surface area contributed by atoms with Crippen molar-refractivity contribution in [3.8, 4) is 0 Å². The van der Waals surface area contributed by atoms with Crippen molar-refractivity contribution in [3.05, 3.63) is 46.4 Å². The highest BCUT2D eigenvalue weighted by Gasteiger charge is 2.28. The Morgan fingerprint density at radius 1 is 1.28 bits per heavy atom. The molecule has 0 unspecified atom stereocenters. The van der Waals surface area contributed by atoms with Gasteiger partial charge in [0.15, 0.2) is 0 Å². The summed E-state index contributed by atoms with van der Waals surface area (Å²) >= 11 is 1.43. The van der Waals surface area contributed by atoms with E-state index in [9.17, 15) is 9.59 Å². The van der Waals surface area contributed by atoms with E-state index in [0.29, 0.717) is 38.2 Å². The zero-order valence-electron chi connectivity index (χ0n) is 14.1. The molecule has 1 aromatic heterocycles. The molecule has 1 fully saturated rings. The number of benzene rings is 1. The zero-order valence-corrected chi connectivity index (χ0v) is 14.9. The van der Waals surface area contributed by atoms with E-state index < -0.39 is 0 Å². The first kappa shape index (κ1) is 17.6. The summed E-state index contributed by atoms with van der Waals surface area (Å²) in [6.07, 6.45) is 1.33. The van der Waals surface area contributed by atoms with Gasteiger partial charge in [0.25, 0.3) is 5.91 Å². The van der Waals surface area contributed by atoms with Gasteiger partial charge in [-0.25, -0.2) is 4.98 Å². The summed E-state index contributed by atoms with van der Waals surface area (Å²) in [4.78, 5) is 30.9. The molecule has 2 heterocycles. The fourth-order valence-electron chi connectivity index (χ4n) is 2.87. The number of piperidine rings is 1. The molecule has 0 radical (unpaired) electrons. The number of hydrogen-bond acceptors (Lipinski definition) is 5. The normalized spacial score (nSPS) is 15.2. The molecule has 2 aromatic rings. The molecule has 1 aliphatic heterocycles. The number of aromatic nitrogens is 1. The number of nitrogens with one attached hydrogen (secondary N) is 1. The number of carbonyl (C=O) groups excluding carboxylic acids is 2. The predicted molar refractivity (Wildman–Crippen MR) is 96.5 cm³/mol. The SMILES string of the molecule is COCc1nc(C(=O)N2CCC(C(=O)Nc3ccccc3)CC2)cs1. The Labute approximate surface area is 150 Å². The number of hydrogen-bond donors (Lipinski definition) is 1. The lowest BCUT2D eigenvalue weighted by atomic mass is 9.95. The quantitative estimate of drug-likeness (QED) is 0.891. The van der Waals surface area contributed by atoms with Crippen molar-refractivity contribution in [1.82, 2.24) is 9.88 Å². The topological polar surface area (TPSA) is 71.5 Å². The van der Waals surface area contributed by atoms with Crippen LogP contribution in [0.15, 0.2) is 35.7 Å². The maximum absolute atomic E-state index is 12.5. The van der Waals surface area contributed by atoms with Crippen molar-refractivity contribution in [1.29, 1.82) is 0 Å². The van der Waals surface area contributed by atoms with Crippen LogP contribution < -0.4 is 5.32 Å². The fraction of sp³-hybridized carbons (Fsp3) is 0.389. The van der Waals surface area contributed by atoms with Gasteiger partial charge >= 0.3 is 0 Å². The summed E-state index contributed by atoms with van der Waals surface area (Å²) in [6.45, 7) is 1.56. The van der Waals surface area contributed by atoms with Crippen molar-refractivity contribution in [2.45, 2.75) is 19.4 Å². The molecule has 25 heavy (non-hydrogen) atoms. The molecule has 1 aliphatic rings. The molecule has 7 heteroatoms. The van der Waals surface area contributed by atoms with Gasteiger partial charge in [0, 0.05) is 37.2 Å². The van der Waals surface area contributed by atoms with Crippen molar-refractivity contribution in [3.63, 3.8) is 0 Å². The van der Waals surface area contributed by atoms with Gasteiger partial charge in [0.05, 0.1) is 6.61 Å². The lowest BCUT2D eigenvalue weighted by molar-refractivity contribution is -0.121. The standard InChI is InChI=1S/C18H21N3O3S/c1-24-11-16-20-15(12-25-16)18(23)21-9-7-13(8-10-21)17(22)19-14-5-3-2-4-6-14/h2-6,12-13H,7-11H2,1H3,(H,19,22). The van der Waals surface area contributed by atoms with Crippen LogP contribution >= 0.6 is 11.3 Å². The van der Waals surface area contributed by atoms with Crippen LogP contribution in [-0.2, 0) is 16.1 Å². The van der Waals surface area contributed by atoms with E-state index in [2.05, 4.69) is 10.3 Å². The summed E-state index contributed by atoms with van der Waals surface area (Å²) in [5.41, 5.74) is 1.27. The van der Waals surface area contributed by atoms with Crippen molar-refractivity contribution in [2.75, 3.05) is 25.5 Å². The first-order valence-electron chi connectivity index (χ1n) is 8.26. The van der Waals surface area contributed by atoms with Crippen LogP contribution in [0.25, 0.3) is 0 Å². The third-order valence-corrected chi connectivity index (χ3v) is 5.06. The van der Waals surface area contributed by atoms with Crippen LogP contribution in [0.1, 0.15) is 28.3 Å². The van der Waals surface area contributed by atoms with Gasteiger partial charge in [-0.1, -0.05) is 18.2 Å².